The third-order valence-corrected chi connectivity index (χ3v) is 7.11. The lowest BCUT2D eigenvalue weighted by molar-refractivity contribution is -0.165. The number of piperidine rings is 1. The van der Waals surface area contributed by atoms with E-state index in [1.807, 2.05) is 51.1 Å². The summed E-state index contributed by atoms with van der Waals surface area (Å²) in [6, 6.07) is 8.67. The van der Waals surface area contributed by atoms with Gasteiger partial charge in [0.2, 0.25) is 5.91 Å². The molecular formula is C27H37N3O6. The average molecular weight is 500 g/mol. The van der Waals surface area contributed by atoms with Gasteiger partial charge in [-0.05, 0) is 64.4 Å². The molecule has 196 valence electrons. The molecule has 3 amide bonds. The summed E-state index contributed by atoms with van der Waals surface area (Å²) in [6.45, 7) is 6.26. The number of esters is 1. The number of ketones is 1. The van der Waals surface area contributed by atoms with Crippen LogP contribution in [0.2, 0.25) is 0 Å². The lowest BCUT2D eigenvalue weighted by atomic mass is 9.72. The fourth-order valence-corrected chi connectivity index (χ4v) is 5.09. The van der Waals surface area contributed by atoms with Crippen LogP contribution in [0.5, 0.6) is 0 Å². The summed E-state index contributed by atoms with van der Waals surface area (Å²) in [4.78, 5) is 57.4. The SMILES string of the molecule is CC(C)(C)OC(=O)C1CC(CCC(=O)CNC(=O)[C@@H]2CC[C@@H]3CN2C(=O)N3OCc2ccccc2)C1. The molecule has 1 N–H and O–H groups in total. The van der Waals surface area contributed by atoms with E-state index in [9.17, 15) is 19.2 Å². The number of rotatable bonds is 10. The van der Waals surface area contributed by atoms with Crippen molar-refractivity contribution in [1.29, 1.82) is 0 Å². The number of Topliss-reactive ketones (excluding diaryl/α,β-unsaturated/α-hetero) is 1. The molecule has 4 rings (SSSR count). The number of hydrogen-bond acceptors (Lipinski definition) is 6. The van der Waals surface area contributed by atoms with E-state index in [1.54, 1.807) is 4.90 Å². The Morgan fingerprint density at radius 3 is 2.50 bits per heavy atom. The van der Waals surface area contributed by atoms with Crippen LogP contribution in [0, 0.1) is 11.8 Å². The molecule has 3 fully saturated rings. The smallest absolute Gasteiger partial charge is 0.345 e. The third kappa shape index (κ3) is 6.43. The zero-order valence-electron chi connectivity index (χ0n) is 21.4. The van der Waals surface area contributed by atoms with Crippen LogP contribution in [0.4, 0.5) is 4.79 Å². The van der Waals surface area contributed by atoms with E-state index in [0.29, 0.717) is 44.8 Å². The van der Waals surface area contributed by atoms with E-state index < -0.39 is 11.6 Å². The summed E-state index contributed by atoms with van der Waals surface area (Å²) in [5.74, 6) is -0.241. The van der Waals surface area contributed by atoms with Crippen molar-refractivity contribution in [3.8, 4) is 0 Å². The van der Waals surface area contributed by atoms with Crippen LogP contribution in [0.3, 0.4) is 0 Å². The first kappa shape index (κ1) is 26.1. The van der Waals surface area contributed by atoms with Crippen LogP contribution in [0.15, 0.2) is 30.3 Å². The lowest BCUT2D eigenvalue weighted by Gasteiger charge is -2.35. The minimum absolute atomic E-state index is 0.0432. The second-order valence-corrected chi connectivity index (χ2v) is 11.1. The largest absolute Gasteiger partial charge is 0.460 e. The zero-order valence-corrected chi connectivity index (χ0v) is 21.4. The molecule has 3 aliphatic rings. The van der Waals surface area contributed by atoms with Crippen LogP contribution >= 0.6 is 0 Å². The quantitative estimate of drug-likeness (QED) is 0.496. The maximum atomic E-state index is 12.9. The van der Waals surface area contributed by atoms with Crippen molar-refractivity contribution in [2.45, 2.75) is 83.6 Å². The van der Waals surface area contributed by atoms with Gasteiger partial charge in [0.05, 0.1) is 18.5 Å². The van der Waals surface area contributed by atoms with Crippen LogP contribution < -0.4 is 5.32 Å². The normalized spacial score (nSPS) is 25.4. The minimum Gasteiger partial charge on any atom is -0.460 e. The van der Waals surface area contributed by atoms with Crippen LogP contribution in [-0.2, 0) is 30.6 Å². The molecule has 9 heteroatoms. The van der Waals surface area contributed by atoms with Crippen molar-refractivity contribution in [2.75, 3.05) is 13.1 Å². The maximum absolute atomic E-state index is 12.9. The molecule has 0 spiro atoms. The standard InChI is InChI=1S/C27H37N3O6/c1-27(2,3)36-25(33)20-13-19(14-20)9-11-22(31)15-28-24(32)23-12-10-21-16-29(23)26(34)30(21)35-17-18-7-5-4-6-8-18/h4-8,19-21,23H,9-17H2,1-3H3,(H,28,32)/t19?,20?,21-,23+/m1/s1. The Balaban J connectivity index is 1.15. The zero-order chi connectivity index (χ0) is 25.9. The number of hydroxylamine groups is 2. The van der Waals surface area contributed by atoms with Crippen molar-refractivity contribution in [3.05, 3.63) is 35.9 Å². The molecule has 2 saturated heterocycles. The number of nitrogens with one attached hydrogen (secondary N) is 1. The van der Waals surface area contributed by atoms with Gasteiger partial charge in [0, 0.05) is 13.0 Å². The molecule has 0 radical (unpaired) electrons. The highest BCUT2D eigenvalue weighted by Crippen LogP contribution is 2.38. The molecule has 9 nitrogen and oxygen atoms in total. The highest BCUT2D eigenvalue weighted by atomic mass is 16.7. The summed E-state index contributed by atoms with van der Waals surface area (Å²) in [5, 5.41) is 4.12. The molecule has 1 aliphatic carbocycles. The van der Waals surface area contributed by atoms with Crippen LogP contribution in [0.1, 0.15) is 64.9 Å². The van der Waals surface area contributed by atoms with Gasteiger partial charge in [0.15, 0.2) is 5.78 Å². The van der Waals surface area contributed by atoms with E-state index >= 15 is 0 Å². The molecule has 36 heavy (non-hydrogen) atoms. The Hall–Kier alpha value is -2.94. The van der Waals surface area contributed by atoms with Gasteiger partial charge in [-0.2, -0.15) is 5.06 Å². The molecule has 2 bridgehead atoms. The Bertz CT molecular complexity index is 969. The summed E-state index contributed by atoms with van der Waals surface area (Å²) in [7, 11) is 0. The van der Waals surface area contributed by atoms with Gasteiger partial charge in [-0.1, -0.05) is 30.3 Å². The van der Waals surface area contributed by atoms with Crippen LogP contribution in [-0.4, -0.2) is 64.4 Å². The lowest BCUT2D eigenvalue weighted by Crippen LogP contribution is -2.50. The van der Waals surface area contributed by atoms with Crippen LogP contribution in [0.25, 0.3) is 0 Å². The predicted molar refractivity (Wildman–Crippen MR) is 131 cm³/mol. The van der Waals surface area contributed by atoms with E-state index in [4.69, 9.17) is 9.57 Å². The molecule has 2 heterocycles. The Labute approximate surface area is 212 Å². The van der Waals surface area contributed by atoms with Gasteiger partial charge >= 0.3 is 12.0 Å². The molecule has 0 unspecified atom stereocenters. The number of fused-ring (bicyclic) bond motifs is 2. The highest BCUT2D eigenvalue weighted by molar-refractivity contribution is 5.91. The van der Waals surface area contributed by atoms with Gasteiger partial charge in [-0.3, -0.25) is 19.2 Å². The van der Waals surface area contributed by atoms with Crippen molar-refractivity contribution < 1.29 is 28.8 Å². The minimum atomic E-state index is -0.590. The first-order chi connectivity index (χ1) is 17.1. The number of amides is 3. The number of carbonyl (C=O) groups excluding carboxylic acids is 4. The summed E-state index contributed by atoms with van der Waals surface area (Å²) >= 11 is 0. The molecule has 2 aliphatic heterocycles. The monoisotopic (exact) mass is 499 g/mol. The molecule has 1 aromatic rings. The molecule has 1 saturated carbocycles. The van der Waals surface area contributed by atoms with Gasteiger partial charge in [0.1, 0.15) is 18.2 Å². The van der Waals surface area contributed by atoms with Gasteiger partial charge < -0.3 is 15.0 Å². The number of urea groups is 1. The molecular weight excluding hydrogens is 462 g/mol. The topological polar surface area (TPSA) is 105 Å². The third-order valence-electron chi connectivity index (χ3n) is 7.11. The predicted octanol–water partition coefficient (Wildman–Crippen LogP) is 3.22. The molecule has 0 aromatic heterocycles. The number of benzene rings is 1. The van der Waals surface area contributed by atoms with E-state index in [0.717, 1.165) is 18.4 Å². The van der Waals surface area contributed by atoms with E-state index in [2.05, 4.69) is 5.32 Å². The van der Waals surface area contributed by atoms with Crippen molar-refractivity contribution in [1.82, 2.24) is 15.3 Å². The fourth-order valence-electron chi connectivity index (χ4n) is 5.09. The summed E-state index contributed by atoms with van der Waals surface area (Å²) in [5.41, 5.74) is 0.486. The fraction of sp³-hybridized carbons (Fsp3) is 0.630. The average Bonchev–Trinajstić information content (AvgIpc) is 3.03. The van der Waals surface area contributed by atoms with Crippen molar-refractivity contribution >= 4 is 23.7 Å². The molecule has 1 aromatic carbocycles. The summed E-state index contributed by atoms with van der Waals surface area (Å²) in [6.07, 6.45) is 3.77. The Kier molecular flexibility index (Phi) is 7.97. The maximum Gasteiger partial charge on any atom is 0.345 e. The van der Waals surface area contributed by atoms with Crippen molar-refractivity contribution in [2.24, 2.45) is 11.8 Å². The highest BCUT2D eigenvalue weighted by Gasteiger charge is 2.48. The second-order valence-electron chi connectivity index (χ2n) is 11.1. The second kappa shape index (κ2) is 11.0. The van der Waals surface area contributed by atoms with Gasteiger partial charge in [-0.15, -0.1) is 0 Å². The number of carbonyl (C=O) groups is 4. The molecule has 2 atom stereocenters. The Morgan fingerprint density at radius 2 is 1.81 bits per heavy atom. The number of nitrogens with zero attached hydrogens (tertiary/aromatic N) is 2. The Morgan fingerprint density at radius 1 is 1.08 bits per heavy atom. The first-order valence-corrected chi connectivity index (χ1v) is 12.9. The van der Waals surface area contributed by atoms with E-state index in [-0.39, 0.29) is 42.2 Å². The number of ether oxygens (including phenoxy) is 1. The number of hydrogen-bond donors (Lipinski definition) is 1. The summed E-state index contributed by atoms with van der Waals surface area (Å²) < 4.78 is 5.41. The van der Waals surface area contributed by atoms with Gasteiger partial charge in [-0.25, -0.2) is 4.79 Å². The van der Waals surface area contributed by atoms with E-state index in [1.165, 1.54) is 5.06 Å². The first-order valence-electron chi connectivity index (χ1n) is 12.9. The van der Waals surface area contributed by atoms with Crippen molar-refractivity contribution in [3.63, 3.8) is 0 Å². The van der Waals surface area contributed by atoms with Gasteiger partial charge in [0.25, 0.3) is 0 Å².